The van der Waals surface area contributed by atoms with E-state index >= 15 is 0 Å². The molecule has 66 valence electrons. The molecule has 4 nitrogen and oxygen atoms in total. The normalized spacial score (nSPS) is 12.2. The Balaban J connectivity index is 3.74. The lowest BCUT2D eigenvalue weighted by atomic mass is 10.6. The van der Waals surface area contributed by atoms with Crippen LogP contribution < -0.4 is 5.48 Å². The third kappa shape index (κ3) is 5.87. The van der Waals surface area contributed by atoms with Crippen molar-refractivity contribution in [2.75, 3.05) is 5.75 Å². The lowest BCUT2D eigenvalue weighted by molar-refractivity contribution is 0.249. The maximum Gasteiger partial charge on any atom is 0.287 e. The Labute approximate surface area is 67.3 Å². The van der Waals surface area contributed by atoms with Crippen LogP contribution in [0.4, 0.5) is 0 Å². The fourth-order valence-electron chi connectivity index (χ4n) is 0.461. The highest BCUT2D eigenvalue weighted by Crippen LogP contribution is 1.92. The monoisotopic (exact) mass is 179 g/mol. The lowest BCUT2D eigenvalue weighted by Gasteiger charge is -2.00. The minimum absolute atomic E-state index is 0.0392. The van der Waals surface area contributed by atoms with Crippen molar-refractivity contribution in [3.05, 3.63) is 12.3 Å². The van der Waals surface area contributed by atoms with Crippen molar-refractivity contribution in [2.24, 2.45) is 0 Å². The van der Waals surface area contributed by atoms with Gasteiger partial charge in [-0.2, -0.15) is 12.7 Å². The quantitative estimate of drug-likeness (QED) is 0.634. The van der Waals surface area contributed by atoms with Crippen molar-refractivity contribution < 1.29 is 12.7 Å². The minimum Gasteiger partial charge on any atom is -0.257 e. The second-order valence-electron chi connectivity index (χ2n) is 1.96. The van der Waals surface area contributed by atoms with E-state index in [1.165, 1.54) is 6.20 Å². The van der Waals surface area contributed by atoms with Gasteiger partial charge in [-0.25, -0.2) is 0 Å². The predicted octanol–water partition coefficient (Wildman–Crippen LogP) is 0.781. The summed E-state index contributed by atoms with van der Waals surface area (Å²) in [6, 6.07) is 0. The summed E-state index contributed by atoms with van der Waals surface area (Å²) in [5.74, 6) is 0.0392. The van der Waals surface area contributed by atoms with E-state index in [4.69, 9.17) is 0 Å². The van der Waals surface area contributed by atoms with Crippen molar-refractivity contribution in [2.45, 2.75) is 20.3 Å². The Morgan fingerprint density at radius 3 is 2.64 bits per heavy atom. The van der Waals surface area contributed by atoms with E-state index in [1.54, 1.807) is 19.9 Å². The summed E-state index contributed by atoms with van der Waals surface area (Å²) in [6.45, 7) is 3.53. The SMILES string of the molecule is CC=CNOS(=O)(=O)CCC. The van der Waals surface area contributed by atoms with Crippen molar-refractivity contribution in [1.29, 1.82) is 0 Å². The fraction of sp³-hybridized carbons (Fsp3) is 0.667. The largest absolute Gasteiger partial charge is 0.287 e. The third-order valence-corrected chi connectivity index (χ3v) is 2.12. The van der Waals surface area contributed by atoms with Crippen molar-refractivity contribution in [3.8, 4) is 0 Å². The van der Waals surface area contributed by atoms with Gasteiger partial charge in [0.2, 0.25) is 0 Å². The Morgan fingerprint density at radius 2 is 2.18 bits per heavy atom. The standard InChI is InChI=1S/C6H13NO3S/c1-3-5-7-10-11(8,9)6-4-2/h3,5,7H,4,6H2,1-2H3. The summed E-state index contributed by atoms with van der Waals surface area (Å²) in [6.07, 6.45) is 3.61. The van der Waals surface area contributed by atoms with Crippen LogP contribution in [0.1, 0.15) is 20.3 Å². The van der Waals surface area contributed by atoms with Crippen molar-refractivity contribution >= 4 is 10.1 Å². The van der Waals surface area contributed by atoms with Gasteiger partial charge in [-0.1, -0.05) is 13.0 Å². The molecule has 0 aliphatic rings. The van der Waals surface area contributed by atoms with Crippen LogP contribution in [0.5, 0.6) is 0 Å². The topological polar surface area (TPSA) is 55.4 Å². The van der Waals surface area contributed by atoms with Crippen LogP contribution in [0.25, 0.3) is 0 Å². The molecule has 0 radical (unpaired) electrons. The fourth-order valence-corrected chi connectivity index (χ4v) is 1.25. The predicted molar refractivity (Wildman–Crippen MR) is 43.1 cm³/mol. The Morgan fingerprint density at radius 1 is 1.55 bits per heavy atom. The highest BCUT2D eigenvalue weighted by molar-refractivity contribution is 7.86. The molecule has 0 aromatic carbocycles. The number of nitrogens with one attached hydrogen (secondary N) is 1. The zero-order valence-corrected chi connectivity index (χ0v) is 7.52. The van der Waals surface area contributed by atoms with E-state index in [0.717, 1.165) is 0 Å². The highest BCUT2D eigenvalue weighted by Gasteiger charge is 2.07. The Bertz CT molecular complexity index is 208. The number of rotatable bonds is 5. The van der Waals surface area contributed by atoms with Gasteiger partial charge in [-0.15, -0.1) is 0 Å². The van der Waals surface area contributed by atoms with Crippen molar-refractivity contribution in [1.82, 2.24) is 5.48 Å². The van der Waals surface area contributed by atoms with Gasteiger partial charge in [0.25, 0.3) is 10.1 Å². The molecule has 11 heavy (non-hydrogen) atoms. The van der Waals surface area contributed by atoms with Gasteiger partial charge in [0.15, 0.2) is 0 Å². The van der Waals surface area contributed by atoms with E-state index < -0.39 is 10.1 Å². The Kier molecular flexibility index (Phi) is 4.89. The van der Waals surface area contributed by atoms with Crippen LogP contribution in [0.3, 0.4) is 0 Å². The smallest absolute Gasteiger partial charge is 0.257 e. The minimum atomic E-state index is -3.37. The molecule has 0 amide bonds. The van der Waals surface area contributed by atoms with Gasteiger partial charge in [-0.05, 0) is 13.3 Å². The summed E-state index contributed by atoms with van der Waals surface area (Å²) < 4.78 is 25.9. The first-order valence-electron chi connectivity index (χ1n) is 3.40. The molecule has 0 aromatic heterocycles. The number of hydroxylamine groups is 1. The highest BCUT2D eigenvalue weighted by atomic mass is 32.2. The second-order valence-corrected chi connectivity index (χ2v) is 3.65. The first-order valence-corrected chi connectivity index (χ1v) is 4.98. The van der Waals surface area contributed by atoms with Gasteiger partial charge in [0, 0.05) is 6.20 Å². The Hall–Kier alpha value is -0.550. The summed E-state index contributed by atoms with van der Waals surface area (Å²) in [5, 5.41) is 0. The molecule has 0 bridgehead atoms. The van der Waals surface area contributed by atoms with Gasteiger partial charge >= 0.3 is 0 Å². The van der Waals surface area contributed by atoms with Gasteiger partial charge in [0.1, 0.15) is 0 Å². The van der Waals surface area contributed by atoms with Crippen LogP contribution in [0, 0.1) is 0 Å². The van der Waals surface area contributed by atoms with Crippen LogP contribution in [-0.2, 0) is 14.4 Å². The summed E-state index contributed by atoms with van der Waals surface area (Å²) in [5.41, 5.74) is 2.19. The van der Waals surface area contributed by atoms with E-state index in [9.17, 15) is 8.42 Å². The number of hydrogen-bond donors (Lipinski definition) is 1. The summed E-state index contributed by atoms with van der Waals surface area (Å²) >= 11 is 0. The molecule has 0 heterocycles. The second kappa shape index (κ2) is 5.15. The van der Waals surface area contributed by atoms with Crippen LogP contribution in [0.15, 0.2) is 12.3 Å². The average Bonchev–Trinajstić information content (AvgIpc) is 1.87. The zero-order chi connectivity index (χ0) is 8.74. The lowest BCUT2D eigenvalue weighted by Crippen LogP contribution is -2.17. The van der Waals surface area contributed by atoms with Crippen LogP contribution >= 0.6 is 0 Å². The molecular weight excluding hydrogens is 166 g/mol. The molecule has 0 aliphatic heterocycles. The third-order valence-electron chi connectivity index (χ3n) is 0.864. The maximum atomic E-state index is 10.8. The van der Waals surface area contributed by atoms with E-state index in [2.05, 4.69) is 9.76 Å². The van der Waals surface area contributed by atoms with Gasteiger partial charge < -0.3 is 0 Å². The van der Waals surface area contributed by atoms with Crippen molar-refractivity contribution in [3.63, 3.8) is 0 Å². The van der Waals surface area contributed by atoms with E-state index in [1.807, 2.05) is 0 Å². The average molecular weight is 179 g/mol. The molecule has 0 atom stereocenters. The molecule has 1 N–H and O–H groups in total. The molecule has 5 heteroatoms. The molecule has 0 rings (SSSR count). The van der Waals surface area contributed by atoms with Gasteiger partial charge in [-0.3, -0.25) is 5.48 Å². The first kappa shape index (κ1) is 10.4. The summed E-state index contributed by atoms with van der Waals surface area (Å²) in [4.78, 5) is 0. The molecule has 0 spiro atoms. The summed E-state index contributed by atoms with van der Waals surface area (Å²) in [7, 11) is -3.37. The molecule has 0 aliphatic carbocycles. The number of hydrogen-bond acceptors (Lipinski definition) is 4. The number of allylic oxidation sites excluding steroid dienone is 1. The first-order chi connectivity index (χ1) is 5.12. The van der Waals surface area contributed by atoms with Crippen LogP contribution in [-0.4, -0.2) is 14.2 Å². The van der Waals surface area contributed by atoms with Crippen LogP contribution in [0.2, 0.25) is 0 Å². The molecule has 0 saturated heterocycles. The molecular formula is C6H13NO3S. The van der Waals surface area contributed by atoms with E-state index in [-0.39, 0.29) is 5.75 Å². The molecule has 0 aromatic rings. The molecule has 0 saturated carbocycles. The van der Waals surface area contributed by atoms with E-state index in [0.29, 0.717) is 6.42 Å². The molecule has 0 unspecified atom stereocenters. The maximum absolute atomic E-state index is 10.8. The zero-order valence-electron chi connectivity index (χ0n) is 6.70. The molecule has 0 fully saturated rings. The van der Waals surface area contributed by atoms with Gasteiger partial charge in [0.05, 0.1) is 5.75 Å².